The fraction of sp³-hybridized carbons (Fsp3) is 0.333. The Kier molecular flexibility index (Phi) is 3.98. The minimum atomic E-state index is -0.0518. The Morgan fingerprint density at radius 1 is 1.32 bits per heavy atom. The van der Waals surface area contributed by atoms with Crippen molar-refractivity contribution in [1.29, 1.82) is 0 Å². The summed E-state index contributed by atoms with van der Waals surface area (Å²) in [6.45, 7) is 6.06. The number of hydrogen-bond donors (Lipinski definition) is 0. The maximum Gasteiger partial charge on any atom is 0.258 e. The number of pyridine rings is 1. The van der Waals surface area contributed by atoms with Crippen molar-refractivity contribution in [3.63, 3.8) is 0 Å². The molecular weight excluding hydrogens is 298 g/mol. The molecular formula is C15H17N5OS. The molecule has 3 aromatic rings. The molecule has 22 heavy (non-hydrogen) atoms. The zero-order valence-corrected chi connectivity index (χ0v) is 13.5. The lowest BCUT2D eigenvalue weighted by atomic mass is 10.3. The lowest BCUT2D eigenvalue weighted by Crippen LogP contribution is -2.17. The average molecular weight is 315 g/mol. The van der Waals surface area contributed by atoms with Crippen LogP contribution < -0.4 is 5.56 Å². The smallest absolute Gasteiger partial charge is 0.258 e. The molecule has 6 nitrogen and oxygen atoms in total. The number of aromatic nitrogens is 5. The predicted octanol–water partition coefficient (Wildman–Crippen LogP) is 2.47. The van der Waals surface area contributed by atoms with E-state index in [4.69, 9.17) is 0 Å². The first-order chi connectivity index (χ1) is 10.6. The van der Waals surface area contributed by atoms with Crippen LogP contribution in [-0.4, -0.2) is 24.1 Å². The van der Waals surface area contributed by atoms with Gasteiger partial charge in [-0.1, -0.05) is 17.8 Å². The van der Waals surface area contributed by atoms with Crippen molar-refractivity contribution in [3.05, 3.63) is 52.3 Å². The molecule has 0 aliphatic heterocycles. The maximum absolute atomic E-state index is 12.2. The highest BCUT2D eigenvalue weighted by Gasteiger charge is 2.10. The summed E-state index contributed by atoms with van der Waals surface area (Å²) in [5, 5.41) is 8.89. The molecule has 114 valence electrons. The molecule has 7 heteroatoms. The van der Waals surface area contributed by atoms with Gasteiger partial charge in [0.25, 0.3) is 5.56 Å². The first-order valence-electron chi connectivity index (χ1n) is 7.07. The molecule has 0 aliphatic rings. The van der Waals surface area contributed by atoms with Crippen LogP contribution in [0.5, 0.6) is 0 Å². The Morgan fingerprint density at radius 2 is 2.14 bits per heavy atom. The Hall–Kier alpha value is -2.15. The molecule has 0 atom stereocenters. The van der Waals surface area contributed by atoms with Crippen LogP contribution in [0.2, 0.25) is 0 Å². The molecule has 0 aromatic carbocycles. The third kappa shape index (κ3) is 2.76. The molecule has 0 spiro atoms. The molecule has 0 N–H and O–H groups in total. The number of thioether (sulfide) groups is 1. The van der Waals surface area contributed by atoms with Crippen molar-refractivity contribution in [2.45, 2.75) is 37.7 Å². The van der Waals surface area contributed by atoms with Crippen LogP contribution in [0.4, 0.5) is 0 Å². The summed E-state index contributed by atoms with van der Waals surface area (Å²) >= 11 is 1.54. The molecule has 0 amide bonds. The van der Waals surface area contributed by atoms with E-state index in [1.165, 1.54) is 11.8 Å². The zero-order chi connectivity index (χ0) is 15.7. The summed E-state index contributed by atoms with van der Waals surface area (Å²) in [6, 6.07) is 7.54. The highest BCUT2D eigenvalue weighted by Crippen LogP contribution is 2.22. The van der Waals surface area contributed by atoms with Gasteiger partial charge in [0.15, 0.2) is 5.16 Å². The standard InChI is InChI=1S/C15H17N5OS/c1-10(2)19-9-16-18-15(19)22-8-12-7-14(21)20-11(3)5-4-6-13(20)17-12/h4-7,9-10H,8H2,1-3H3. The van der Waals surface area contributed by atoms with E-state index in [2.05, 4.69) is 29.0 Å². The van der Waals surface area contributed by atoms with Crippen molar-refractivity contribution in [2.75, 3.05) is 0 Å². The summed E-state index contributed by atoms with van der Waals surface area (Å²) < 4.78 is 3.62. The van der Waals surface area contributed by atoms with E-state index >= 15 is 0 Å². The van der Waals surface area contributed by atoms with Crippen molar-refractivity contribution < 1.29 is 0 Å². The summed E-state index contributed by atoms with van der Waals surface area (Å²) in [7, 11) is 0. The van der Waals surface area contributed by atoms with E-state index in [9.17, 15) is 4.79 Å². The number of hydrogen-bond acceptors (Lipinski definition) is 5. The predicted molar refractivity (Wildman–Crippen MR) is 86.2 cm³/mol. The van der Waals surface area contributed by atoms with Gasteiger partial charge in [-0.25, -0.2) is 4.98 Å². The molecule has 0 bridgehead atoms. The van der Waals surface area contributed by atoms with Gasteiger partial charge in [-0.05, 0) is 32.9 Å². The minimum Gasteiger partial charge on any atom is -0.306 e. The average Bonchev–Trinajstić information content (AvgIpc) is 2.93. The molecule has 0 unspecified atom stereocenters. The molecule has 3 heterocycles. The SMILES string of the molecule is Cc1cccc2nc(CSc3nncn3C(C)C)cc(=O)n12. The van der Waals surface area contributed by atoms with Gasteiger partial charge in [0.1, 0.15) is 12.0 Å². The number of nitrogens with zero attached hydrogens (tertiary/aromatic N) is 5. The van der Waals surface area contributed by atoms with Gasteiger partial charge in [-0.3, -0.25) is 9.20 Å². The van der Waals surface area contributed by atoms with Crippen LogP contribution in [0.15, 0.2) is 40.5 Å². The van der Waals surface area contributed by atoms with Gasteiger partial charge in [0.2, 0.25) is 0 Å². The van der Waals surface area contributed by atoms with Gasteiger partial charge in [-0.15, -0.1) is 10.2 Å². The molecule has 0 fully saturated rings. The fourth-order valence-electron chi connectivity index (χ4n) is 2.27. The minimum absolute atomic E-state index is 0.0518. The largest absolute Gasteiger partial charge is 0.306 e. The molecule has 3 aromatic heterocycles. The second-order valence-corrected chi connectivity index (χ2v) is 6.29. The zero-order valence-electron chi connectivity index (χ0n) is 12.7. The molecule has 0 radical (unpaired) electrons. The summed E-state index contributed by atoms with van der Waals surface area (Å²) in [6.07, 6.45) is 1.72. The first kappa shape index (κ1) is 14.8. The lowest BCUT2D eigenvalue weighted by molar-refractivity contribution is 0.549. The van der Waals surface area contributed by atoms with Crippen molar-refractivity contribution in [2.24, 2.45) is 0 Å². The normalized spacial score (nSPS) is 11.5. The van der Waals surface area contributed by atoms with Crippen LogP contribution in [0.25, 0.3) is 5.65 Å². The van der Waals surface area contributed by atoms with Gasteiger partial charge in [0, 0.05) is 23.6 Å². The Labute approximate surface area is 132 Å². The van der Waals surface area contributed by atoms with Crippen LogP contribution in [-0.2, 0) is 5.75 Å². The maximum atomic E-state index is 12.2. The highest BCUT2D eigenvalue weighted by atomic mass is 32.2. The Balaban J connectivity index is 1.89. The van der Waals surface area contributed by atoms with E-state index in [0.29, 0.717) is 17.4 Å². The Morgan fingerprint density at radius 3 is 2.91 bits per heavy atom. The first-order valence-corrected chi connectivity index (χ1v) is 8.05. The number of fused-ring (bicyclic) bond motifs is 1. The van der Waals surface area contributed by atoms with Gasteiger partial charge < -0.3 is 4.57 Å². The highest BCUT2D eigenvalue weighted by molar-refractivity contribution is 7.98. The van der Waals surface area contributed by atoms with Crippen LogP contribution >= 0.6 is 11.8 Å². The summed E-state index contributed by atoms with van der Waals surface area (Å²) in [5.41, 5.74) is 2.25. The molecule has 0 saturated heterocycles. The van der Waals surface area contributed by atoms with E-state index in [1.807, 2.05) is 29.7 Å². The van der Waals surface area contributed by atoms with Crippen LogP contribution in [0, 0.1) is 6.92 Å². The quantitative estimate of drug-likeness (QED) is 0.692. The lowest BCUT2D eigenvalue weighted by Gasteiger charge is -2.09. The van der Waals surface area contributed by atoms with E-state index < -0.39 is 0 Å². The van der Waals surface area contributed by atoms with Crippen molar-refractivity contribution >= 4 is 17.4 Å². The fourth-order valence-corrected chi connectivity index (χ4v) is 3.20. The van der Waals surface area contributed by atoms with Gasteiger partial charge >= 0.3 is 0 Å². The van der Waals surface area contributed by atoms with Crippen LogP contribution in [0.3, 0.4) is 0 Å². The van der Waals surface area contributed by atoms with Gasteiger partial charge in [-0.2, -0.15) is 0 Å². The molecule has 0 saturated carbocycles. The third-order valence-electron chi connectivity index (χ3n) is 3.38. The third-order valence-corrected chi connectivity index (χ3v) is 4.37. The second kappa shape index (κ2) is 5.92. The monoisotopic (exact) mass is 315 g/mol. The second-order valence-electron chi connectivity index (χ2n) is 5.35. The summed E-state index contributed by atoms with van der Waals surface area (Å²) in [5.74, 6) is 0.588. The van der Waals surface area contributed by atoms with Crippen molar-refractivity contribution in [1.82, 2.24) is 24.1 Å². The van der Waals surface area contributed by atoms with E-state index in [-0.39, 0.29) is 5.56 Å². The Bertz CT molecular complexity index is 868. The summed E-state index contributed by atoms with van der Waals surface area (Å²) in [4.78, 5) is 16.8. The molecule has 0 aliphatic carbocycles. The number of rotatable bonds is 4. The van der Waals surface area contributed by atoms with E-state index in [1.54, 1.807) is 16.8 Å². The topological polar surface area (TPSA) is 65.1 Å². The van der Waals surface area contributed by atoms with Crippen LogP contribution in [0.1, 0.15) is 31.3 Å². The van der Waals surface area contributed by atoms with Crippen molar-refractivity contribution in [3.8, 4) is 0 Å². The number of aryl methyl sites for hydroxylation is 1. The van der Waals surface area contributed by atoms with Gasteiger partial charge in [0.05, 0.1) is 5.69 Å². The molecule has 3 rings (SSSR count). The van der Waals surface area contributed by atoms with E-state index in [0.717, 1.165) is 16.5 Å².